The van der Waals surface area contributed by atoms with E-state index in [2.05, 4.69) is 107 Å². The molecular weight excluding hydrogens is 456 g/mol. The van der Waals surface area contributed by atoms with Crippen LogP contribution in [0.2, 0.25) is 0 Å². The molecule has 0 amide bonds. The zero-order chi connectivity index (χ0) is 23.6. The van der Waals surface area contributed by atoms with Gasteiger partial charge in [-0.2, -0.15) is 0 Å². The van der Waals surface area contributed by atoms with Crippen molar-refractivity contribution in [3.63, 3.8) is 0 Å². The molecule has 1 atom stereocenters. The average Bonchev–Trinajstić information content (AvgIpc) is 3.56. The van der Waals surface area contributed by atoms with Gasteiger partial charge in [0.2, 0.25) is 0 Å². The van der Waals surface area contributed by atoms with E-state index in [1.54, 1.807) is 0 Å². The molecule has 1 aliphatic carbocycles. The molecule has 36 heavy (non-hydrogen) atoms. The van der Waals surface area contributed by atoms with Crippen LogP contribution in [0.25, 0.3) is 59.1 Å². The van der Waals surface area contributed by atoms with Crippen molar-refractivity contribution in [2.24, 2.45) is 0 Å². The maximum absolute atomic E-state index is 4.79. The number of hydrogen-bond donors (Lipinski definition) is 0. The highest BCUT2D eigenvalue weighted by molar-refractivity contribution is 7.18. The number of benzene rings is 4. The highest BCUT2D eigenvalue weighted by Crippen LogP contribution is 2.47. The fourth-order valence-corrected chi connectivity index (χ4v) is 7.10. The third kappa shape index (κ3) is 2.69. The molecule has 3 heterocycles. The Kier molecular flexibility index (Phi) is 4.25. The Morgan fingerprint density at radius 3 is 2.36 bits per heavy atom. The summed E-state index contributed by atoms with van der Waals surface area (Å²) in [4.78, 5) is 4.79. The number of aromatic nitrogens is 2. The molecule has 0 aliphatic heterocycles. The molecule has 2 nitrogen and oxygen atoms in total. The first-order valence-corrected chi connectivity index (χ1v) is 13.3. The highest BCUT2D eigenvalue weighted by atomic mass is 32.1. The molecule has 7 aromatic rings. The van der Waals surface area contributed by atoms with Gasteiger partial charge >= 0.3 is 0 Å². The molecule has 0 spiro atoms. The van der Waals surface area contributed by atoms with Gasteiger partial charge in [-0.25, -0.2) is 0 Å². The number of pyridine rings is 1. The van der Waals surface area contributed by atoms with Crippen LogP contribution in [0, 0.1) is 0 Å². The lowest BCUT2D eigenvalue weighted by atomic mass is 9.92. The van der Waals surface area contributed by atoms with E-state index in [0.29, 0.717) is 0 Å². The van der Waals surface area contributed by atoms with Crippen LogP contribution >= 0.6 is 11.3 Å². The van der Waals surface area contributed by atoms with E-state index in [-0.39, 0.29) is 5.92 Å². The third-order valence-electron chi connectivity index (χ3n) is 7.65. The first kappa shape index (κ1) is 20.0. The average molecular weight is 479 g/mol. The van der Waals surface area contributed by atoms with Crippen molar-refractivity contribution in [1.82, 2.24) is 9.55 Å². The van der Waals surface area contributed by atoms with Gasteiger partial charge in [0.1, 0.15) is 0 Å². The fraction of sp³-hybridized carbons (Fsp3) is 0.0606. The highest BCUT2D eigenvalue weighted by Gasteiger charge is 2.26. The summed E-state index contributed by atoms with van der Waals surface area (Å²) in [5.74, 6) is 0.194. The summed E-state index contributed by atoms with van der Waals surface area (Å²) < 4.78 is 3.90. The summed E-state index contributed by atoms with van der Waals surface area (Å²) >= 11 is 1.84. The summed E-state index contributed by atoms with van der Waals surface area (Å²) in [5, 5.41) is 11.5. The van der Waals surface area contributed by atoms with Crippen molar-refractivity contribution in [3.8, 4) is 0 Å². The Bertz CT molecular complexity index is 2020. The molecule has 0 bridgehead atoms. The van der Waals surface area contributed by atoms with Crippen LogP contribution in [0.3, 0.4) is 0 Å². The molecule has 1 aliphatic rings. The molecular formula is C33H22N2S. The molecule has 0 radical (unpaired) electrons. The maximum Gasteiger partial charge on any atom is 0.0623 e. The summed E-state index contributed by atoms with van der Waals surface area (Å²) in [7, 11) is 0. The van der Waals surface area contributed by atoms with Gasteiger partial charge in [-0.15, -0.1) is 11.3 Å². The monoisotopic (exact) mass is 478 g/mol. The molecule has 0 saturated heterocycles. The van der Waals surface area contributed by atoms with Crippen LogP contribution in [0.1, 0.15) is 18.0 Å². The number of nitrogens with zero attached hydrogens (tertiary/aromatic N) is 2. The van der Waals surface area contributed by atoms with Gasteiger partial charge < -0.3 is 4.57 Å². The first-order chi connectivity index (χ1) is 17.9. The molecule has 4 aromatic carbocycles. The first-order valence-electron chi connectivity index (χ1n) is 12.4. The van der Waals surface area contributed by atoms with Crippen LogP contribution in [-0.4, -0.2) is 9.55 Å². The predicted octanol–water partition coefficient (Wildman–Crippen LogP) is 9.30. The number of rotatable bonds is 2. The van der Waals surface area contributed by atoms with Gasteiger partial charge in [0.05, 0.1) is 11.0 Å². The maximum atomic E-state index is 4.79. The SMILES string of the molecule is C1=CCC(c2ccccn2)C(n2c3ccc4ccsc4c3c3c4ccccc4c4ccccc4c32)=C1. The van der Waals surface area contributed by atoms with Crippen molar-refractivity contribution in [3.05, 3.63) is 120 Å². The van der Waals surface area contributed by atoms with Crippen molar-refractivity contribution >= 4 is 70.5 Å². The predicted molar refractivity (Wildman–Crippen MR) is 155 cm³/mol. The van der Waals surface area contributed by atoms with Crippen molar-refractivity contribution < 1.29 is 0 Å². The number of thiophene rings is 1. The fourth-order valence-electron chi connectivity index (χ4n) is 6.15. The topological polar surface area (TPSA) is 17.8 Å². The van der Waals surface area contributed by atoms with Gasteiger partial charge in [-0.3, -0.25) is 4.98 Å². The minimum absolute atomic E-state index is 0.194. The summed E-state index contributed by atoms with van der Waals surface area (Å²) in [6.45, 7) is 0. The van der Waals surface area contributed by atoms with Gasteiger partial charge in [0.25, 0.3) is 0 Å². The zero-order valence-electron chi connectivity index (χ0n) is 19.6. The van der Waals surface area contributed by atoms with Crippen LogP contribution in [0.15, 0.2) is 115 Å². The van der Waals surface area contributed by atoms with E-state index < -0.39 is 0 Å². The molecule has 0 N–H and O–H groups in total. The van der Waals surface area contributed by atoms with Crippen molar-refractivity contribution in [2.75, 3.05) is 0 Å². The molecule has 1 unspecified atom stereocenters. The van der Waals surface area contributed by atoms with Crippen molar-refractivity contribution in [1.29, 1.82) is 0 Å². The Morgan fingerprint density at radius 2 is 1.53 bits per heavy atom. The quantitative estimate of drug-likeness (QED) is 0.226. The number of allylic oxidation sites excluding steroid dienone is 4. The number of fused-ring (bicyclic) bond motifs is 10. The number of hydrogen-bond acceptors (Lipinski definition) is 2. The van der Waals surface area contributed by atoms with Crippen LogP contribution in [0.5, 0.6) is 0 Å². The normalized spacial score (nSPS) is 16.0. The molecule has 0 fully saturated rings. The van der Waals surface area contributed by atoms with Gasteiger partial charge in [0, 0.05) is 44.4 Å². The second-order valence-corrected chi connectivity index (χ2v) is 10.4. The van der Waals surface area contributed by atoms with E-state index in [0.717, 1.165) is 12.1 Å². The van der Waals surface area contributed by atoms with Crippen LogP contribution in [0.4, 0.5) is 0 Å². The van der Waals surface area contributed by atoms with E-state index in [4.69, 9.17) is 4.98 Å². The Labute approximate surface area is 212 Å². The lowest BCUT2D eigenvalue weighted by Crippen LogP contribution is -2.11. The van der Waals surface area contributed by atoms with Crippen LogP contribution < -0.4 is 0 Å². The van der Waals surface area contributed by atoms with Gasteiger partial charge in [0.15, 0.2) is 0 Å². The van der Waals surface area contributed by atoms with Crippen molar-refractivity contribution in [2.45, 2.75) is 12.3 Å². The van der Waals surface area contributed by atoms with E-state index >= 15 is 0 Å². The largest absolute Gasteiger partial charge is 0.312 e. The smallest absolute Gasteiger partial charge is 0.0623 e. The summed E-state index contributed by atoms with van der Waals surface area (Å²) in [6, 6.07) is 30.9. The minimum atomic E-state index is 0.194. The van der Waals surface area contributed by atoms with E-state index in [1.807, 2.05) is 23.6 Å². The molecule has 170 valence electrons. The molecule has 3 aromatic heterocycles. The third-order valence-corrected chi connectivity index (χ3v) is 8.60. The Morgan fingerprint density at radius 1 is 0.750 bits per heavy atom. The van der Waals surface area contributed by atoms with E-state index in [9.17, 15) is 0 Å². The van der Waals surface area contributed by atoms with Gasteiger partial charge in [-0.05, 0) is 63.7 Å². The zero-order valence-corrected chi connectivity index (χ0v) is 20.4. The van der Waals surface area contributed by atoms with Gasteiger partial charge in [-0.1, -0.05) is 72.8 Å². The molecule has 0 saturated carbocycles. The molecule has 3 heteroatoms. The Balaban J connectivity index is 1.64. The lowest BCUT2D eigenvalue weighted by molar-refractivity contribution is 0.799. The van der Waals surface area contributed by atoms with E-state index in [1.165, 1.54) is 59.1 Å². The minimum Gasteiger partial charge on any atom is -0.312 e. The Hall–Kier alpha value is -4.21. The molecule has 8 rings (SSSR count). The standard InChI is InChI=1S/C33H22N2S/c1-3-11-24-22(9-1)23-10-2-4-12-25(23)32-30(24)31-29(17-16-21-18-20-36-33(21)31)35(32)28-15-6-5-13-26(28)27-14-7-8-19-34-27/h1-12,14-20,26H,13H2. The van der Waals surface area contributed by atoms with Crippen LogP contribution in [-0.2, 0) is 0 Å². The lowest BCUT2D eigenvalue weighted by Gasteiger charge is -2.24. The summed E-state index contributed by atoms with van der Waals surface area (Å²) in [5.41, 5.74) is 4.96. The second-order valence-electron chi connectivity index (χ2n) is 9.51. The summed E-state index contributed by atoms with van der Waals surface area (Å²) in [6.07, 6.45) is 9.62. The second kappa shape index (κ2) is 7.64.